The van der Waals surface area contributed by atoms with Crippen molar-refractivity contribution >= 4 is 15.4 Å². The first kappa shape index (κ1) is 31.6. The summed E-state index contributed by atoms with van der Waals surface area (Å²) in [5, 5.41) is 0. The summed E-state index contributed by atoms with van der Waals surface area (Å²) in [6.45, 7) is 0.670. The molecule has 0 aliphatic carbocycles. The molecule has 0 aromatic rings. The van der Waals surface area contributed by atoms with Crippen molar-refractivity contribution in [2.75, 3.05) is 0 Å². The molecule has 0 radical (unpaired) electrons. The average molecular weight is 294 g/mol. The molecule has 15 heavy (non-hydrogen) atoms. The fourth-order valence-corrected chi connectivity index (χ4v) is 1.43. The fourth-order valence-electron chi connectivity index (χ4n) is 0.245. The zero-order valence-corrected chi connectivity index (χ0v) is 19.1. The molecule has 0 heterocycles. The van der Waals surface area contributed by atoms with Crippen LogP contribution in [0.1, 0.15) is 6.92 Å². The van der Waals surface area contributed by atoms with E-state index in [2.05, 4.69) is 4.52 Å². The van der Waals surface area contributed by atoms with Gasteiger partial charge in [-0.15, -0.1) is 0 Å². The van der Waals surface area contributed by atoms with Crippen LogP contribution >= 0.6 is 15.4 Å². The van der Waals surface area contributed by atoms with Crippen LogP contribution in [0.3, 0.4) is 0 Å². The van der Waals surface area contributed by atoms with Gasteiger partial charge in [0.15, 0.2) is 0 Å². The van der Waals surface area contributed by atoms with E-state index in [1.54, 1.807) is 0 Å². The SMILES string of the molecule is CC(OP(=O)([O-])[O-])P(=O)([O-])[O-].[Na+].[Na+].[Na+].[Na+]. The van der Waals surface area contributed by atoms with Gasteiger partial charge in [-0.3, -0.25) is 0 Å². The molecule has 0 fully saturated rings. The van der Waals surface area contributed by atoms with Gasteiger partial charge in [0.1, 0.15) is 0 Å². The summed E-state index contributed by atoms with van der Waals surface area (Å²) in [4.78, 5) is 39.4. The molecule has 0 amide bonds. The fraction of sp³-hybridized carbons (Fsp3) is 1.00. The molecule has 0 N–H and O–H groups in total. The average Bonchev–Trinajstić information content (AvgIpc) is 1.56. The van der Waals surface area contributed by atoms with Gasteiger partial charge in [0.25, 0.3) is 0 Å². The van der Waals surface area contributed by atoms with Crippen molar-refractivity contribution in [2.45, 2.75) is 12.8 Å². The van der Waals surface area contributed by atoms with E-state index in [9.17, 15) is 28.7 Å². The van der Waals surface area contributed by atoms with E-state index in [1.165, 1.54) is 0 Å². The molecular formula is C2H4Na4O7P2. The Hall–Kier alpha value is 4.26. The van der Waals surface area contributed by atoms with Crippen LogP contribution in [0, 0.1) is 0 Å². The van der Waals surface area contributed by atoms with Crippen LogP contribution in [0.4, 0.5) is 0 Å². The number of hydrogen-bond acceptors (Lipinski definition) is 7. The van der Waals surface area contributed by atoms with E-state index in [-0.39, 0.29) is 118 Å². The molecule has 7 nitrogen and oxygen atoms in total. The summed E-state index contributed by atoms with van der Waals surface area (Å²) >= 11 is 0. The zero-order chi connectivity index (χ0) is 9.28. The van der Waals surface area contributed by atoms with Crippen molar-refractivity contribution in [3.63, 3.8) is 0 Å². The molecular weight excluding hydrogens is 290 g/mol. The number of phosphoric ester groups is 1. The summed E-state index contributed by atoms with van der Waals surface area (Å²) in [5.41, 5.74) is 0. The van der Waals surface area contributed by atoms with Gasteiger partial charge < -0.3 is 33.2 Å². The molecule has 68 valence electrons. The van der Waals surface area contributed by atoms with Crippen LogP contribution < -0.4 is 138 Å². The standard InChI is InChI=1S/C2H8O7P2.4Na/c1-2(10(3,4)5)9-11(6,7)8;;;;/h2H,1H3,(H2,3,4,5)(H2,6,7,8);;;;/q;4*+1/p-4. The minimum Gasteiger partial charge on any atom is -0.809 e. The molecule has 1 atom stereocenters. The monoisotopic (exact) mass is 294 g/mol. The third-order valence-electron chi connectivity index (χ3n) is 0.727. The van der Waals surface area contributed by atoms with Crippen LogP contribution in [-0.2, 0) is 13.7 Å². The first-order valence-electron chi connectivity index (χ1n) is 2.35. The van der Waals surface area contributed by atoms with Crippen molar-refractivity contribution in [1.29, 1.82) is 0 Å². The second kappa shape index (κ2) is 13.3. The largest absolute Gasteiger partial charge is 1.00 e. The van der Waals surface area contributed by atoms with Crippen LogP contribution in [0.2, 0.25) is 0 Å². The molecule has 0 aliphatic rings. The Bertz CT molecular complexity index is 223. The van der Waals surface area contributed by atoms with Crippen molar-refractivity contribution in [2.24, 2.45) is 0 Å². The molecule has 13 heteroatoms. The Morgan fingerprint density at radius 2 is 1.20 bits per heavy atom. The Labute approximate surface area is 176 Å². The van der Waals surface area contributed by atoms with Gasteiger partial charge in [0.05, 0.1) is 13.7 Å². The van der Waals surface area contributed by atoms with E-state index < -0.39 is 21.3 Å². The van der Waals surface area contributed by atoms with Crippen molar-refractivity contribution < 1.29 is 151 Å². The van der Waals surface area contributed by atoms with Gasteiger partial charge in [-0.05, 0) is 14.5 Å². The molecule has 0 saturated heterocycles. The number of phosphoric acid groups is 1. The smallest absolute Gasteiger partial charge is 0.809 e. The Balaban J connectivity index is -0.0000000833. The minimum absolute atomic E-state index is 0. The first-order chi connectivity index (χ1) is 4.63. The maximum Gasteiger partial charge on any atom is 1.00 e. The van der Waals surface area contributed by atoms with E-state index in [0.717, 1.165) is 0 Å². The van der Waals surface area contributed by atoms with Gasteiger partial charge in [0, 0.05) is 0 Å². The van der Waals surface area contributed by atoms with Gasteiger partial charge in [0.2, 0.25) is 0 Å². The van der Waals surface area contributed by atoms with Gasteiger partial charge in [-0.25, -0.2) is 0 Å². The second-order valence-corrected chi connectivity index (χ2v) is 4.60. The summed E-state index contributed by atoms with van der Waals surface area (Å²) in [6, 6.07) is 0. The molecule has 0 aromatic carbocycles. The molecule has 0 spiro atoms. The zero-order valence-electron chi connectivity index (χ0n) is 9.33. The van der Waals surface area contributed by atoms with Crippen molar-refractivity contribution in [1.82, 2.24) is 0 Å². The summed E-state index contributed by atoms with van der Waals surface area (Å²) in [6.07, 6.45) is 0. The number of rotatable bonds is 3. The maximum absolute atomic E-state index is 9.96. The normalized spacial score (nSPS) is 12.1. The van der Waals surface area contributed by atoms with Gasteiger partial charge >= 0.3 is 118 Å². The van der Waals surface area contributed by atoms with E-state index in [4.69, 9.17) is 0 Å². The second-order valence-electron chi connectivity index (χ2n) is 1.69. The van der Waals surface area contributed by atoms with Gasteiger partial charge in [-0.1, -0.05) is 0 Å². The first-order valence-corrected chi connectivity index (χ1v) is 5.42. The predicted molar refractivity (Wildman–Crippen MR) is 25.8 cm³/mol. The van der Waals surface area contributed by atoms with Gasteiger partial charge in [-0.2, -0.15) is 0 Å². The Morgan fingerprint density at radius 1 is 0.933 bits per heavy atom. The van der Waals surface area contributed by atoms with Crippen LogP contribution in [0.15, 0.2) is 0 Å². The van der Waals surface area contributed by atoms with Crippen LogP contribution in [-0.4, -0.2) is 5.85 Å². The Morgan fingerprint density at radius 3 is 1.27 bits per heavy atom. The van der Waals surface area contributed by atoms with E-state index in [1.807, 2.05) is 0 Å². The molecule has 0 rings (SSSR count). The topological polar surface area (TPSA) is 136 Å². The maximum atomic E-state index is 9.96. The van der Waals surface area contributed by atoms with Crippen LogP contribution in [0.25, 0.3) is 0 Å². The predicted octanol–water partition coefficient (Wildman–Crippen LogP) is -14.9. The summed E-state index contributed by atoms with van der Waals surface area (Å²) in [5.74, 6) is -2.14. The molecule has 0 aliphatic heterocycles. The molecule has 0 bridgehead atoms. The van der Waals surface area contributed by atoms with Crippen molar-refractivity contribution in [3.05, 3.63) is 0 Å². The third kappa shape index (κ3) is 20.7. The summed E-state index contributed by atoms with van der Waals surface area (Å²) < 4.78 is 23.1. The third-order valence-corrected chi connectivity index (χ3v) is 2.46. The Kier molecular flexibility index (Phi) is 27.9. The van der Waals surface area contributed by atoms with Crippen LogP contribution in [0.5, 0.6) is 0 Å². The van der Waals surface area contributed by atoms with Crippen molar-refractivity contribution in [3.8, 4) is 0 Å². The van der Waals surface area contributed by atoms with E-state index >= 15 is 0 Å². The quantitative estimate of drug-likeness (QED) is 0.372. The number of hydrogen-bond donors (Lipinski definition) is 0. The minimum atomic E-state index is -5.39. The molecule has 0 aromatic heterocycles. The van der Waals surface area contributed by atoms with E-state index in [0.29, 0.717) is 6.92 Å². The summed E-state index contributed by atoms with van der Waals surface area (Å²) in [7, 11) is -10.5. The molecule has 1 unspecified atom stereocenters. The molecule has 0 saturated carbocycles.